The molecule has 0 fully saturated rings. The number of carbonyl (C=O) groups excluding carboxylic acids is 1. The molecule has 0 saturated heterocycles. The summed E-state index contributed by atoms with van der Waals surface area (Å²) < 4.78 is 18.4. The molecule has 0 unspecified atom stereocenters. The van der Waals surface area contributed by atoms with Crippen molar-refractivity contribution < 1.29 is 13.9 Å². The highest BCUT2D eigenvalue weighted by Crippen LogP contribution is 2.19. The molecule has 7 nitrogen and oxygen atoms in total. The molecule has 0 aliphatic heterocycles. The number of guanidine groups is 1. The smallest absolute Gasteiger partial charge is 0.251 e. The van der Waals surface area contributed by atoms with Crippen molar-refractivity contribution in [2.24, 2.45) is 4.99 Å². The lowest BCUT2D eigenvalue weighted by Gasteiger charge is -2.12. The molecule has 2 aromatic carbocycles. The molecule has 1 heterocycles. The van der Waals surface area contributed by atoms with E-state index < -0.39 is 0 Å². The van der Waals surface area contributed by atoms with Gasteiger partial charge in [-0.1, -0.05) is 6.07 Å². The molecule has 3 aromatic rings. The summed E-state index contributed by atoms with van der Waals surface area (Å²) in [5.41, 5.74) is 2.45. The van der Waals surface area contributed by atoms with E-state index in [2.05, 4.69) is 25.9 Å². The van der Waals surface area contributed by atoms with Crippen LogP contribution in [0.4, 0.5) is 4.39 Å². The molecule has 0 radical (unpaired) electrons. The van der Waals surface area contributed by atoms with E-state index in [0.717, 1.165) is 22.9 Å². The predicted octanol–water partition coefficient (Wildman–Crippen LogP) is 3.07. The van der Waals surface area contributed by atoms with Crippen LogP contribution in [0.5, 0.6) is 5.75 Å². The van der Waals surface area contributed by atoms with Gasteiger partial charge in [0.25, 0.3) is 5.91 Å². The maximum Gasteiger partial charge on any atom is 0.251 e. The number of halogens is 2. The number of ether oxygens (including phenoxy) is 1. The molecule has 4 N–H and O–H groups in total. The van der Waals surface area contributed by atoms with E-state index in [0.29, 0.717) is 36.9 Å². The van der Waals surface area contributed by atoms with Gasteiger partial charge in [0.15, 0.2) is 5.96 Å². The fraction of sp³-hybridized carbons (Fsp3) is 0.273. The quantitative estimate of drug-likeness (QED) is 0.153. The van der Waals surface area contributed by atoms with E-state index >= 15 is 0 Å². The lowest BCUT2D eigenvalue weighted by molar-refractivity contribution is 0.0954. The summed E-state index contributed by atoms with van der Waals surface area (Å²) in [6.45, 7) is 1.65. The number of H-pyrrole nitrogens is 1. The fourth-order valence-electron chi connectivity index (χ4n) is 3.12. The molecule has 0 aliphatic rings. The Morgan fingerprint density at radius 1 is 1.10 bits per heavy atom. The summed E-state index contributed by atoms with van der Waals surface area (Å²) in [5, 5.41) is 10.3. The second-order valence-electron chi connectivity index (χ2n) is 6.67. The van der Waals surface area contributed by atoms with E-state index in [4.69, 9.17) is 4.74 Å². The van der Waals surface area contributed by atoms with E-state index in [1.807, 2.05) is 6.20 Å². The largest absolute Gasteiger partial charge is 0.497 e. The van der Waals surface area contributed by atoms with Gasteiger partial charge in [0.05, 0.1) is 7.11 Å². The summed E-state index contributed by atoms with van der Waals surface area (Å²) in [6, 6.07) is 11.8. The van der Waals surface area contributed by atoms with Crippen molar-refractivity contribution in [3.8, 4) is 5.75 Å². The Kier molecular flexibility index (Phi) is 9.57. The second-order valence-corrected chi connectivity index (χ2v) is 6.67. The number of hydrogen-bond donors (Lipinski definition) is 4. The van der Waals surface area contributed by atoms with Gasteiger partial charge >= 0.3 is 0 Å². The molecule has 166 valence electrons. The number of aliphatic imine (C=N–C) groups is 1. The van der Waals surface area contributed by atoms with Crippen LogP contribution in [0.3, 0.4) is 0 Å². The first-order chi connectivity index (χ1) is 14.6. The highest BCUT2D eigenvalue weighted by molar-refractivity contribution is 14.0. The van der Waals surface area contributed by atoms with Gasteiger partial charge in [-0.05, 0) is 48.4 Å². The normalized spacial score (nSPS) is 11.0. The average molecular weight is 539 g/mol. The Bertz CT molecular complexity index is 1040. The van der Waals surface area contributed by atoms with Gasteiger partial charge in [-0.3, -0.25) is 9.79 Å². The number of benzene rings is 2. The van der Waals surface area contributed by atoms with Crippen LogP contribution in [0, 0.1) is 5.82 Å². The minimum atomic E-state index is -0.253. The number of hydrogen-bond acceptors (Lipinski definition) is 3. The molecule has 9 heteroatoms. The Balaban J connectivity index is 0.00000341. The van der Waals surface area contributed by atoms with Gasteiger partial charge in [-0.25, -0.2) is 4.39 Å². The molecule has 0 saturated carbocycles. The molecule has 1 amide bonds. The summed E-state index contributed by atoms with van der Waals surface area (Å²) >= 11 is 0. The van der Waals surface area contributed by atoms with Gasteiger partial charge in [-0.2, -0.15) is 0 Å². The summed E-state index contributed by atoms with van der Waals surface area (Å²) in [7, 11) is 3.26. The lowest BCUT2D eigenvalue weighted by atomic mass is 10.1. The average Bonchev–Trinajstić information content (AvgIpc) is 3.17. The topological polar surface area (TPSA) is 90.5 Å². The SMILES string of the molecule is CN=C(NCCNC(=O)c1cccc(OC)c1)NCCc1c[nH]c2cc(F)ccc12.I. The van der Waals surface area contributed by atoms with Crippen LogP contribution in [0.1, 0.15) is 15.9 Å². The van der Waals surface area contributed by atoms with Crippen LogP contribution in [0.2, 0.25) is 0 Å². The van der Waals surface area contributed by atoms with Crippen LogP contribution < -0.4 is 20.7 Å². The van der Waals surface area contributed by atoms with Crippen LogP contribution in [0.15, 0.2) is 53.7 Å². The molecular formula is C22H27FIN5O2. The first kappa shape index (κ1) is 24.4. The lowest BCUT2D eigenvalue weighted by Crippen LogP contribution is -2.42. The number of fused-ring (bicyclic) bond motifs is 1. The molecule has 0 atom stereocenters. The third-order valence-electron chi connectivity index (χ3n) is 4.67. The van der Waals surface area contributed by atoms with Crippen molar-refractivity contribution in [1.82, 2.24) is 20.9 Å². The number of aromatic amines is 1. The molecule has 31 heavy (non-hydrogen) atoms. The summed E-state index contributed by atoms with van der Waals surface area (Å²) in [6.07, 6.45) is 2.66. The third kappa shape index (κ3) is 6.84. The number of carbonyl (C=O) groups is 1. The maximum atomic E-state index is 13.3. The van der Waals surface area contributed by atoms with Crippen LogP contribution in [-0.2, 0) is 6.42 Å². The summed E-state index contributed by atoms with van der Waals surface area (Å²) in [4.78, 5) is 19.5. The number of nitrogens with zero attached hydrogens (tertiary/aromatic N) is 1. The second kappa shape index (κ2) is 12.1. The molecule has 0 spiro atoms. The number of rotatable bonds is 8. The monoisotopic (exact) mass is 539 g/mol. The molecular weight excluding hydrogens is 512 g/mol. The van der Waals surface area contributed by atoms with Crippen LogP contribution >= 0.6 is 24.0 Å². The minimum absolute atomic E-state index is 0. The minimum Gasteiger partial charge on any atom is -0.497 e. The van der Waals surface area contributed by atoms with Crippen molar-refractivity contribution in [3.05, 3.63) is 65.6 Å². The highest BCUT2D eigenvalue weighted by atomic mass is 127. The summed E-state index contributed by atoms with van der Waals surface area (Å²) in [5.74, 6) is 0.883. The zero-order valence-corrected chi connectivity index (χ0v) is 19.8. The highest BCUT2D eigenvalue weighted by Gasteiger charge is 2.07. The number of nitrogens with one attached hydrogen (secondary N) is 4. The van der Waals surface area contributed by atoms with Crippen molar-refractivity contribution in [1.29, 1.82) is 0 Å². The Morgan fingerprint density at radius 2 is 1.87 bits per heavy atom. The molecule has 3 rings (SSSR count). The van der Waals surface area contributed by atoms with E-state index in [9.17, 15) is 9.18 Å². The first-order valence-corrected chi connectivity index (χ1v) is 9.73. The number of methoxy groups -OCH3 is 1. The zero-order chi connectivity index (χ0) is 21.3. The first-order valence-electron chi connectivity index (χ1n) is 9.73. The van der Waals surface area contributed by atoms with Gasteiger partial charge in [0.2, 0.25) is 0 Å². The van der Waals surface area contributed by atoms with Gasteiger partial charge in [0.1, 0.15) is 11.6 Å². The molecule has 1 aromatic heterocycles. The van der Waals surface area contributed by atoms with Crippen molar-refractivity contribution in [2.45, 2.75) is 6.42 Å². The van der Waals surface area contributed by atoms with E-state index in [1.54, 1.807) is 44.5 Å². The van der Waals surface area contributed by atoms with Crippen molar-refractivity contribution in [2.75, 3.05) is 33.8 Å². The number of aromatic nitrogens is 1. The van der Waals surface area contributed by atoms with Gasteiger partial charge < -0.3 is 25.7 Å². The number of amides is 1. The Hall–Kier alpha value is -2.82. The fourth-order valence-corrected chi connectivity index (χ4v) is 3.12. The predicted molar refractivity (Wildman–Crippen MR) is 132 cm³/mol. The van der Waals surface area contributed by atoms with Crippen LogP contribution in [-0.4, -0.2) is 50.6 Å². The van der Waals surface area contributed by atoms with Gasteiger partial charge in [0, 0.05) is 49.3 Å². The van der Waals surface area contributed by atoms with Crippen molar-refractivity contribution in [3.63, 3.8) is 0 Å². The Labute approximate surface area is 197 Å². The van der Waals surface area contributed by atoms with Crippen molar-refractivity contribution >= 4 is 46.7 Å². The Morgan fingerprint density at radius 3 is 2.65 bits per heavy atom. The van der Waals surface area contributed by atoms with E-state index in [-0.39, 0.29) is 35.7 Å². The maximum absolute atomic E-state index is 13.3. The van der Waals surface area contributed by atoms with Gasteiger partial charge in [-0.15, -0.1) is 24.0 Å². The molecule has 0 aliphatic carbocycles. The zero-order valence-electron chi connectivity index (χ0n) is 17.5. The standard InChI is InChI=1S/C22H26FN5O2.HI/c1-24-22(26-9-8-16-14-28-20-13-17(23)6-7-19(16)20)27-11-10-25-21(29)15-4-3-5-18(12-15)30-2;/h3-7,12-14,28H,8-11H2,1-2H3,(H,25,29)(H2,24,26,27);1H. The molecule has 0 bridgehead atoms. The van der Waals surface area contributed by atoms with E-state index in [1.165, 1.54) is 12.1 Å². The van der Waals surface area contributed by atoms with Crippen LogP contribution in [0.25, 0.3) is 10.9 Å². The third-order valence-corrected chi connectivity index (χ3v) is 4.67.